The molecule has 0 amide bonds. The lowest BCUT2D eigenvalue weighted by atomic mass is 10.0. The van der Waals surface area contributed by atoms with Gasteiger partial charge >= 0.3 is 0 Å². The van der Waals surface area contributed by atoms with Crippen molar-refractivity contribution in [2.75, 3.05) is 0 Å². The van der Waals surface area contributed by atoms with E-state index < -0.39 is 0 Å². The summed E-state index contributed by atoms with van der Waals surface area (Å²) in [6.45, 7) is 0. The monoisotopic (exact) mass is 281 g/mol. The number of rotatable bonds is 1. The lowest BCUT2D eigenvalue weighted by Gasteiger charge is -2.03. The van der Waals surface area contributed by atoms with Crippen molar-refractivity contribution in [2.45, 2.75) is 19.3 Å². The maximum atomic E-state index is 12.2. The van der Waals surface area contributed by atoms with Gasteiger partial charge in [0.25, 0.3) is 5.56 Å². The molecule has 3 heterocycles. The summed E-state index contributed by atoms with van der Waals surface area (Å²) in [6.07, 6.45) is 6.49. The van der Waals surface area contributed by atoms with Crippen LogP contribution < -0.4 is 5.56 Å². The van der Waals surface area contributed by atoms with Gasteiger partial charge in [-0.15, -0.1) is 11.3 Å². The van der Waals surface area contributed by atoms with Crippen LogP contribution in [0.2, 0.25) is 0 Å². The van der Waals surface area contributed by atoms with Gasteiger partial charge in [0, 0.05) is 28.4 Å². The molecule has 0 aromatic carbocycles. The number of pyridine rings is 1. The van der Waals surface area contributed by atoms with Gasteiger partial charge in [-0.2, -0.15) is 5.10 Å². The molecule has 1 aliphatic rings. The lowest BCUT2D eigenvalue weighted by molar-refractivity contribution is 0.863. The Labute approximate surface area is 118 Å². The quantitative estimate of drug-likeness (QED) is 0.674. The van der Waals surface area contributed by atoms with Crippen LogP contribution >= 0.6 is 11.3 Å². The highest BCUT2D eigenvalue weighted by Gasteiger charge is 2.15. The maximum absolute atomic E-state index is 12.2. The predicted octanol–water partition coefficient (Wildman–Crippen LogP) is 2.67. The number of aromatic nitrogens is 3. The first-order valence-corrected chi connectivity index (χ1v) is 7.31. The molecule has 4 rings (SSSR count). The molecule has 0 spiro atoms. The molecule has 3 aromatic heterocycles. The number of nitrogens with one attached hydrogen (secondary N) is 2. The Kier molecular flexibility index (Phi) is 2.51. The Hall–Kier alpha value is -2.32. The predicted molar refractivity (Wildman–Crippen MR) is 79.8 cm³/mol. The number of hydrogen-bond donors (Lipinski definition) is 2. The number of hydrogen-bond acceptors (Lipinski definition) is 3. The van der Waals surface area contributed by atoms with Crippen molar-refractivity contribution < 1.29 is 0 Å². The molecule has 1 aliphatic carbocycles. The van der Waals surface area contributed by atoms with Crippen molar-refractivity contribution >= 4 is 21.4 Å². The zero-order chi connectivity index (χ0) is 13.5. The third-order valence-electron chi connectivity index (χ3n) is 3.53. The molecule has 98 valence electrons. The minimum absolute atomic E-state index is 0.0466. The van der Waals surface area contributed by atoms with Crippen molar-refractivity contribution in [3.63, 3.8) is 0 Å². The van der Waals surface area contributed by atoms with Crippen LogP contribution in [0.3, 0.4) is 0 Å². The molecule has 20 heavy (non-hydrogen) atoms. The summed E-state index contributed by atoms with van der Waals surface area (Å²) in [5, 5.41) is 7.82. The smallest absolute Gasteiger partial charge is 0.266 e. The molecular weight excluding hydrogens is 270 g/mol. The van der Waals surface area contributed by atoms with Crippen molar-refractivity contribution in [1.29, 1.82) is 0 Å². The van der Waals surface area contributed by atoms with E-state index in [1.54, 1.807) is 6.20 Å². The average Bonchev–Trinajstić information content (AvgIpc) is 3.05. The van der Waals surface area contributed by atoms with Crippen LogP contribution in [-0.2, 0) is 6.42 Å². The second-order valence-corrected chi connectivity index (χ2v) is 5.86. The van der Waals surface area contributed by atoms with Gasteiger partial charge in [-0.1, -0.05) is 5.92 Å². The second-order valence-electron chi connectivity index (χ2n) is 4.80. The summed E-state index contributed by atoms with van der Waals surface area (Å²) in [5.74, 6) is 6.18. The van der Waals surface area contributed by atoms with Crippen molar-refractivity contribution in [1.82, 2.24) is 15.2 Å². The van der Waals surface area contributed by atoms with Gasteiger partial charge in [-0.25, -0.2) is 0 Å². The molecule has 0 saturated carbocycles. The largest absolute Gasteiger partial charge is 0.314 e. The number of fused-ring (bicyclic) bond motifs is 3. The maximum Gasteiger partial charge on any atom is 0.266 e. The van der Waals surface area contributed by atoms with Gasteiger partial charge in [-0.05, 0) is 30.4 Å². The third-order valence-corrected chi connectivity index (χ3v) is 4.71. The Morgan fingerprint density at radius 1 is 1.40 bits per heavy atom. The summed E-state index contributed by atoms with van der Waals surface area (Å²) >= 11 is 1.51. The first kappa shape index (κ1) is 11.5. The lowest BCUT2D eigenvalue weighted by Crippen LogP contribution is -2.09. The second kappa shape index (κ2) is 4.36. The number of aromatic amines is 2. The number of thiophene rings is 1. The molecule has 5 heteroatoms. The van der Waals surface area contributed by atoms with Gasteiger partial charge in [0.05, 0.1) is 11.9 Å². The van der Waals surface area contributed by atoms with Gasteiger partial charge in [0.2, 0.25) is 0 Å². The van der Waals surface area contributed by atoms with Crippen LogP contribution in [0.15, 0.2) is 23.3 Å². The van der Waals surface area contributed by atoms with E-state index in [-0.39, 0.29) is 5.56 Å². The summed E-state index contributed by atoms with van der Waals surface area (Å²) in [6, 6.07) is 2.09. The molecule has 3 aromatic rings. The number of nitrogens with zero attached hydrogens (tertiary/aromatic N) is 1. The fourth-order valence-corrected chi connectivity index (χ4v) is 3.62. The first-order chi connectivity index (χ1) is 9.83. The summed E-state index contributed by atoms with van der Waals surface area (Å²) < 4.78 is 0.781. The Morgan fingerprint density at radius 2 is 2.35 bits per heavy atom. The topological polar surface area (TPSA) is 61.5 Å². The fourth-order valence-electron chi connectivity index (χ4n) is 2.56. The molecule has 0 unspecified atom stereocenters. The molecule has 4 nitrogen and oxygen atoms in total. The van der Waals surface area contributed by atoms with E-state index in [4.69, 9.17) is 0 Å². The van der Waals surface area contributed by atoms with Crippen LogP contribution in [0.4, 0.5) is 0 Å². The van der Waals surface area contributed by atoms with Crippen molar-refractivity contribution in [3.05, 3.63) is 40.1 Å². The molecule has 0 bridgehead atoms. The van der Waals surface area contributed by atoms with Crippen LogP contribution in [0.25, 0.3) is 20.5 Å². The van der Waals surface area contributed by atoms with Crippen molar-refractivity contribution in [3.8, 4) is 22.3 Å². The summed E-state index contributed by atoms with van der Waals surface area (Å²) in [7, 11) is 0. The van der Waals surface area contributed by atoms with E-state index in [9.17, 15) is 4.79 Å². The summed E-state index contributed by atoms with van der Waals surface area (Å²) in [5.41, 5.74) is 2.93. The van der Waals surface area contributed by atoms with Gasteiger partial charge in [0.15, 0.2) is 0 Å². The standard InChI is InChI=1S/C15H11N3OS/c19-15-14-11(6-13(20-14)9-7-16-17-8-9)10-4-2-1-3-5-12(10)18-15/h6-8H,1-2,4H2,(H,16,17)(H,18,19). The molecule has 2 N–H and O–H groups in total. The molecule has 0 fully saturated rings. The Bertz CT molecular complexity index is 906. The van der Waals surface area contributed by atoms with E-state index in [2.05, 4.69) is 33.1 Å². The molecule has 0 aliphatic heterocycles. The molecule has 0 saturated heterocycles. The molecule has 0 atom stereocenters. The van der Waals surface area contributed by atoms with E-state index in [0.29, 0.717) is 0 Å². The van der Waals surface area contributed by atoms with E-state index in [1.807, 2.05) is 6.20 Å². The highest BCUT2D eigenvalue weighted by Crippen LogP contribution is 2.34. The van der Waals surface area contributed by atoms with Crippen LogP contribution in [0, 0.1) is 11.8 Å². The zero-order valence-corrected chi connectivity index (χ0v) is 11.4. The zero-order valence-electron chi connectivity index (χ0n) is 10.6. The fraction of sp³-hybridized carbons (Fsp3) is 0.200. The third kappa shape index (κ3) is 1.69. The minimum Gasteiger partial charge on any atom is -0.314 e. The summed E-state index contributed by atoms with van der Waals surface area (Å²) in [4.78, 5) is 16.2. The van der Waals surface area contributed by atoms with Gasteiger partial charge in [0.1, 0.15) is 4.70 Å². The number of aryl methyl sites for hydroxylation is 1. The van der Waals surface area contributed by atoms with E-state index >= 15 is 0 Å². The highest BCUT2D eigenvalue weighted by atomic mass is 32.1. The Balaban J connectivity index is 2.04. The van der Waals surface area contributed by atoms with Crippen molar-refractivity contribution in [2.24, 2.45) is 0 Å². The van der Waals surface area contributed by atoms with Gasteiger partial charge < -0.3 is 4.98 Å². The molecule has 0 radical (unpaired) electrons. The van der Waals surface area contributed by atoms with Crippen LogP contribution in [0.5, 0.6) is 0 Å². The van der Waals surface area contributed by atoms with E-state index in [1.165, 1.54) is 16.9 Å². The first-order valence-electron chi connectivity index (χ1n) is 6.49. The van der Waals surface area contributed by atoms with Crippen LogP contribution in [0.1, 0.15) is 24.1 Å². The highest BCUT2D eigenvalue weighted by molar-refractivity contribution is 7.22. The SMILES string of the molecule is O=c1[nH]c2c(c3cc(-c4cn[nH]c4)sc13)CCCC#C2. The Morgan fingerprint density at radius 3 is 3.20 bits per heavy atom. The number of H-pyrrole nitrogens is 2. The molecular formula is C15H11N3OS. The minimum atomic E-state index is -0.0466. The average molecular weight is 281 g/mol. The normalized spacial score (nSPS) is 13.6. The van der Waals surface area contributed by atoms with Gasteiger partial charge in [-0.3, -0.25) is 9.89 Å². The van der Waals surface area contributed by atoms with E-state index in [0.717, 1.165) is 45.5 Å². The van der Waals surface area contributed by atoms with Crippen LogP contribution in [-0.4, -0.2) is 15.2 Å².